The number of anilines is 1. The first-order chi connectivity index (χ1) is 9.83. The number of rotatable bonds is 2. The zero-order valence-electron chi connectivity index (χ0n) is 11.8. The van der Waals surface area contributed by atoms with Crippen LogP contribution in [0.2, 0.25) is 0 Å². The Labute approximate surface area is 123 Å². The highest BCUT2D eigenvalue weighted by Crippen LogP contribution is 2.35. The summed E-state index contributed by atoms with van der Waals surface area (Å²) in [6.07, 6.45) is 6.90. The molecule has 4 nitrogen and oxygen atoms in total. The molecule has 2 unspecified atom stereocenters. The second-order valence-corrected chi connectivity index (χ2v) is 7.11. The summed E-state index contributed by atoms with van der Waals surface area (Å²) < 4.78 is 0. The van der Waals surface area contributed by atoms with Crippen LogP contribution in [0.5, 0.6) is 0 Å². The van der Waals surface area contributed by atoms with Gasteiger partial charge in [0, 0.05) is 23.5 Å². The predicted octanol–water partition coefficient (Wildman–Crippen LogP) is 2.72. The highest BCUT2D eigenvalue weighted by atomic mass is 32.1. The maximum atomic E-state index is 4.62. The van der Waals surface area contributed by atoms with E-state index in [0.29, 0.717) is 12.1 Å². The van der Waals surface area contributed by atoms with Crippen LogP contribution in [0, 0.1) is 6.92 Å². The highest BCUT2D eigenvalue weighted by molar-refractivity contribution is 7.18. The van der Waals surface area contributed by atoms with Gasteiger partial charge in [-0.1, -0.05) is 0 Å². The van der Waals surface area contributed by atoms with Crippen molar-refractivity contribution in [2.45, 2.75) is 44.7 Å². The van der Waals surface area contributed by atoms with E-state index in [4.69, 9.17) is 0 Å². The van der Waals surface area contributed by atoms with Crippen molar-refractivity contribution in [2.24, 2.45) is 0 Å². The van der Waals surface area contributed by atoms with Crippen LogP contribution in [-0.4, -0.2) is 35.1 Å². The molecule has 1 N–H and O–H groups in total. The van der Waals surface area contributed by atoms with E-state index in [1.807, 2.05) is 0 Å². The molecule has 0 bridgehead atoms. The number of nitrogens with one attached hydrogen (secondary N) is 1. The number of fused-ring (bicyclic) bond motifs is 1. The molecule has 0 spiro atoms. The quantitative estimate of drug-likeness (QED) is 0.922. The van der Waals surface area contributed by atoms with Crippen LogP contribution in [0.1, 0.15) is 30.6 Å². The summed E-state index contributed by atoms with van der Waals surface area (Å²) in [5.41, 5.74) is 0. The average Bonchev–Trinajstić information content (AvgIpc) is 3.16. The molecule has 2 saturated heterocycles. The van der Waals surface area contributed by atoms with Crippen molar-refractivity contribution in [3.05, 3.63) is 17.3 Å². The SMILES string of the molecule is Cc1cc2c(N3CCCC3C3CCCN3)ncnc2s1. The van der Waals surface area contributed by atoms with Gasteiger partial charge in [0.25, 0.3) is 0 Å². The molecule has 2 fully saturated rings. The molecule has 2 aliphatic heterocycles. The van der Waals surface area contributed by atoms with Gasteiger partial charge in [-0.25, -0.2) is 9.97 Å². The molecule has 2 aromatic heterocycles. The maximum absolute atomic E-state index is 4.62. The van der Waals surface area contributed by atoms with Crippen LogP contribution in [0.25, 0.3) is 10.2 Å². The lowest BCUT2D eigenvalue weighted by Gasteiger charge is -2.30. The fourth-order valence-electron chi connectivity index (χ4n) is 3.71. The Balaban J connectivity index is 1.73. The number of hydrogen-bond donors (Lipinski definition) is 1. The lowest BCUT2D eigenvalue weighted by molar-refractivity contribution is 0.481. The van der Waals surface area contributed by atoms with Gasteiger partial charge >= 0.3 is 0 Å². The molecule has 0 aliphatic carbocycles. The molecule has 0 amide bonds. The van der Waals surface area contributed by atoms with Crippen molar-refractivity contribution in [3.63, 3.8) is 0 Å². The Morgan fingerprint density at radius 2 is 2.25 bits per heavy atom. The minimum atomic E-state index is 0.607. The number of hydrogen-bond acceptors (Lipinski definition) is 5. The van der Waals surface area contributed by atoms with Crippen molar-refractivity contribution in [1.82, 2.24) is 15.3 Å². The summed E-state index contributed by atoms with van der Waals surface area (Å²) in [5.74, 6) is 1.15. The fraction of sp³-hybridized carbons (Fsp3) is 0.600. The van der Waals surface area contributed by atoms with Gasteiger partial charge in [-0.3, -0.25) is 0 Å². The van der Waals surface area contributed by atoms with E-state index < -0.39 is 0 Å². The van der Waals surface area contributed by atoms with E-state index in [0.717, 1.165) is 17.2 Å². The summed E-state index contributed by atoms with van der Waals surface area (Å²) in [4.78, 5) is 14.0. The second-order valence-electron chi connectivity index (χ2n) is 5.88. The van der Waals surface area contributed by atoms with Crippen LogP contribution in [0.3, 0.4) is 0 Å². The summed E-state index contributed by atoms with van der Waals surface area (Å²) >= 11 is 1.77. The maximum Gasteiger partial charge on any atom is 0.141 e. The van der Waals surface area contributed by atoms with Gasteiger partial charge in [0.1, 0.15) is 17.0 Å². The Morgan fingerprint density at radius 3 is 3.10 bits per heavy atom. The number of thiophene rings is 1. The van der Waals surface area contributed by atoms with Crippen LogP contribution < -0.4 is 10.2 Å². The lowest BCUT2D eigenvalue weighted by atomic mass is 10.0. The van der Waals surface area contributed by atoms with Crippen LogP contribution in [-0.2, 0) is 0 Å². The van der Waals surface area contributed by atoms with E-state index in [2.05, 4.69) is 33.2 Å². The molecule has 0 radical (unpaired) electrons. The van der Waals surface area contributed by atoms with Gasteiger partial charge in [0.05, 0.1) is 5.39 Å². The average molecular weight is 288 g/mol. The third-order valence-corrected chi connectivity index (χ3v) is 5.52. The van der Waals surface area contributed by atoms with Gasteiger partial charge < -0.3 is 10.2 Å². The van der Waals surface area contributed by atoms with E-state index >= 15 is 0 Å². The minimum absolute atomic E-state index is 0.607. The summed E-state index contributed by atoms with van der Waals surface area (Å²) in [5, 5.41) is 4.91. The lowest BCUT2D eigenvalue weighted by Crippen LogP contribution is -2.44. The van der Waals surface area contributed by atoms with Crippen LogP contribution in [0.4, 0.5) is 5.82 Å². The van der Waals surface area contributed by atoms with Crippen molar-refractivity contribution in [1.29, 1.82) is 0 Å². The fourth-order valence-corrected chi connectivity index (χ4v) is 4.55. The normalized spacial score (nSPS) is 26.8. The van der Waals surface area contributed by atoms with Crippen molar-refractivity contribution >= 4 is 27.4 Å². The summed E-state index contributed by atoms with van der Waals surface area (Å²) in [7, 11) is 0. The van der Waals surface area contributed by atoms with Crippen molar-refractivity contribution in [2.75, 3.05) is 18.0 Å². The van der Waals surface area contributed by atoms with E-state index in [1.165, 1.54) is 42.5 Å². The molecule has 2 aliphatic rings. The Kier molecular flexibility index (Phi) is 3.11. The highest BCUT2D eigenvalue weighted by Gasteiger charge is 2.34. The molecule has 106 valence electrons. The van der Waals surface area contributed by atoms with Gasteiger partial charge in [-0.15, -0.1) is 11.3 Å². The predicted molar refractivity (Wildman–Crippen MR) is 83.5 cm³/mol. The first kappa shape index (κ1) is 12.5. The largest absolute Gasteiger partial charge is 0.351 e. The van der Waals surface area contributed by atoms with Gasteiger partial charge in [0.15, 0.2) is 0 Å². The van der Waals surface area contributed by atoms with Crippen molar-refractivity contribution in [3.8, 4) is 0 Å². The standard InChI is InChI=1S/C15H20N4S/c1-10-8-11-14(17-9-18-15(11)20-10)19-7-3-5-13(19)12-4-2-6-16-12/h8-9,12-13,16H,2-7H2,1H3. The van der Waals surface area contributed by atoms with Crippen LogP contribution >= 0.6 is 11.3 Å². The third kappa shape index (κ3) is 2.00. The molecule has 2 aromatic rings. The molecular formula is C15H20N4S. The van der Waals surface area contributed by atoms with E-state index in [9.17, 15) is 0 Å². The Bertz CT molecular complexity index is 617. The molecule has 0 aromatic carbocycles. The van der Waals surface area contributed by atoms with Crippen molar-refractivity contribution < 1.29 is 0 Å². The molecule has 0 saturated carbocycles. The zero-order valence-corrected chi connectivity index (χ0v) is 12.6. The van der Waals surface area contributed by atoms with E-state index in [-0.39, 0.29) is 0 Å². The Morgan fingerprint density at radius 1 is 1.30 bits per heavy atom. The molecule has 2 atom stereocenters. The molecule has 4 rings (SSSR count). The number of nitrogens with zero attached hydrogens (tertiary/aromatic N) is 3. The first-order valence-electron chi connectivity index (χ1n) is 7.54. The zero-order chi connectivity index (χ0) is 13.5. The number of aryl methyl sites for hydroxylation is 1. The molecule has 5 heteroatoms. The van der Waals surface area contributed by atoms with Gasteiger partial charge in [-0.2, -0.15) is 0 Å². The summed E-state index contributed by atoms with van der Waals surface area (Å²) in [6, 6.07) is 3.49. The third-order valence-electron chi connectivity index (χ3n) is 4.57. The smallest absolute Gasteiger partial charge is 0.141 e. The second kappa shape index (κ2) is 4.97. The van der Waals surface area contributed by atoms with E-state index in [1.54, 1.807) is 17.7 Å². The monoisotopic (exact) mass is 288 g/mol. The van der Waals surface area contributed by atoms with Crippen LogP contribution in [0.15, 0.2) is 12.4 Å². The summed E-state index contributed by atoms with van der Waals surface area (Å²) in [6.45, 7) is 4.45. The van der Waals surface area contributed by atoms with Gasteiger partial charge in [-0.05, 0) is 45.2 Å². The minimum Gasteiger partial charge on any atom is -0.351 e. The molecule has 20 heavy (non-hydrogen) atoms. The molecular weight excluding hydrogens is 268 g/mol. The Hall–Kier alpha value is -1.20. The first-order valence-corrected chi connectivity index (χ1v) is 8.36. The van der Waals surface area contributed by atoms with Gasteiger partial charge in [0.2, 0.25) is 0 Å². The topological polar surface area (TPSA) is 41.0 Å². The number of aromatic nitrogens is 2. The molecule has 4 heterocycles.